The van der Waals surface area contributed by atoms with Crippen LogP contribution < -0.4 is 10.2 Å². The summed E-state index contributed by atoms with van der Waals surface area (Å²) in [5.41, 5.74) is 0.946. The normalized spacial score (nSPS) is 28.2. The first kappa shape index (κ1) is 19.5. The quantitative estimate of drug-likeness (QED) is 0.766. The van der Waals surface area contributed by atoms with Gasteiger partial charge in [-0.2, -0.15) is 0 Å². The molecule has 30 heavy (non-hydrogen) atoms. The van der Waals surface area contributed by atoms with Gasteiger partial charge in [-0.15, -0.1) is 0 Å². The minimum Gasteiger partial charge on any atom is -0.376 e. The Labute approximate surface area is 178 Å². The van der Waals surface area contributed by atoms with Gasteiger partial charge in [0, 0.05) is 38.3 Å². The number of hydrogen-bond acceptors (Lipinski definition) is 5. The lowest BCUT2D eigenvalue weighted by Crippen LogP contribution is -2.51. The van der Waals surface area contributed by atoms with Gasteiger partial charge < -0.3 is 15.0 Å². The van der Waals surface area contributed by atoms with Crippen molar-refractivity contribution in [1.82, 2.24) is 15.3 Å². The van der Waals surface area contributed by atoms with Gasteiger partial charge in [0.05, 0.1) is 18.6 Å². The third-order valence-corrected chi connectivity index (χ3v) is 6.77. The topological polar surface area (TPSA) is 67.4 Å². The van der Waals surface area contributed by atoms with E-state index in [1.807, 2.05) is 30.5 Å². The number of hydrogen-bond donors (Lipinski definition) is 1. The van der Waals surface area contributed by atoms with Gasteiger partial charge in [-0.05, 0) is 67.2 Å². The summed E-state index contributed by atoms with van der Waals surface area (Å²) < 4.78 is 6.36. The second-order valence-electron chi connectivity index (χ2n) is 9.11. The van der Waals surface area contributed by atoms with E-state index in [1.54, 1.807) is 12.4 Å². The first-order chi connectivity index (χ1) is 14.7. The minimum atomic E-state index is 0.0612. The standard InChI is InChI=1S/C24H30N4O2/c29-24(10-18-4-3-8-25-13-18)27-21-11-19-14-28(23-5-1-2-9-26-23)15-20(19)12-22(21)30-16-17-6-7-17/h1-5,8-9,13,17,19-22H,6-7,10-12,14-16H2,(H,27,29)/t19-,20+,21-,22-/m0/s1. The molecule has 158 valence electrons. The van der Waals surface area contributed by atoms with Crippen molar-refractivity contribution in [2.75, 3.05) is 24.6 Å². The van der Waals surface area contributed by atoms with E-state index in [0.717, 1.165) is 49.8 Å². The molecule has 1 saturated heterocycles. The van der Waals surface area contributed by atoms with E-state index in [1.165, 1.54) is 12.8 Å². The van der Waals surface area contributed by atoms with Crippen LogP contribution in [0.25, 0.3) is 0 Å². The number of ether oxygens (including phenoxy) is 1. The second kappa shape index (κ2) is 8.72. The molecule has 4 atom stereocenters. The van der Waals surface area contributed by atoms with Crippen molar-refractivity contribution in [3.05, 3.63) is 54.5 Å². The second-order valence-corrected chi connectivity index (χ2v) is 9.11. The molecule has 0 radical (unpaired) electrons. The first-order valence-corrected chi connectivity index (χ1v) is 11.2. The van der Waals surface area contributed by atoms with Gasteiger partial charge in [-0.25, -0.2) is 4.98 Å². The van der Waals surface area contributed by atoms with Gasteiger partial charge in [0.1, 0.15) is 5.82 Å². The van der Waals surface area contributed by atoms with Crippen molar-refractivity contribution >= 4 is 11.7 Å². The SMILES string of the molecule is O=C(Cc1cccnc1)N[C@H]1C[C@H]2CN(c3ccccn3)C[C@H]2C[C@@H]1OCC1CC1. The molecule has 2 saturated carbocycles. The highest BCUT2D eigenvalue weighted by Gasteiger charge is 2.44. The highest BCUT2D eigenvalue weighted by molar-refractivity contribution is 5.78. The van der Waals surface area contributed by atoms with Crippen LogP contribution in [0.15, 0.2) is 48.9 Å². The van der Waals surface area contributed by atoms with Crippen molar-refractivity contribution in [2.45, 2.75) is 44.2 Å². The summed E-state index contributed by atoms with van der Waals surface area (Å²) >= 11 is 0. The number of carbonyl (C=O) groups is 1. The summed E-state index contributed by atoms with van der Waals surface area (Å²) in [5.74, 6) is 3.01. The van der Waals surface area contributed by atoms with Crippen LogP contribution in [-0.2, 0) is 16.0 Å². The molecular formula is C24H30N4O2. The Morgan fingerprint density at radius 3 is 2.70 bits per heavy atom. The fraction of sp³-hybridized carbons (Fsp3) is 0.542. The van der Waals surface area contributed by atoms with Crippen molar-refractivity contribution in [3.8, 4) is 0 Å². The van der Waals surface area contributed by atoms with Gasteiger partial charge in [-0.3, -0.25) is 9.78 Å². The molecule has 1 N–H and O–H groups in total. The minimum absolute atomic E-state index is 0.0612. The van der Waals surface area contributed by atoms with E-state index < -0.39 is 0 Å². The Bertz CT molecular complexity index is 843. The van der Waals surface area contributed by atoms with E-state index in [2.05, 4.69) is 26.3 Å². The number of anilines is 1. The number of carbonyl (C=O) groups excluding carboxylic acids is 1. The maximum Gasteiger partial charge on any atom is 0.224 e. The summed E-state index contributed by atoms with van der Waals surface area (Å²) in [6, 6.07) is 10.0. The number of nitrogens with one attached hydrogen (secondary N) is 1. The summed E-state index contributed by atoms with van der Waals surface area (Å²) in [6.07, 6.45) is 10.4. The average molecular weight is 407 g/mol. The average Bonchev–Trinajstić information content (AvgIpc) is 3.51. The summed E-state index contributed by atoms with van der Waals surface area (Å²) in [6.45, 7) is 2.87. The van der Waals surface area contributed by atoms with E-state index >= 15 is 0 Å². The molecule has 3 heterocycles. The molecule has 6 nitrogen and oxygen atoms in total. The van der Waals surface area contributed by atoms with Crippen LogP contribution in [0.4, 0.5) is 5.82 Å². The molecule has 0 unspecified atom stereocenters. The molecule has 2 aromatic heterocycles. The molecule has 0 spiro atoms. The largest absolute Gasteiger partial charge is 0.376 e. The fourth-order valence-corrected chi connectivity index (χ4v) is 4.97. The third-order valence-electron chi connectivity index (χ3n) is 6.77. The molecular weight excluding hydrogens is 376 g/mol. The van der Waals surface area contributed by atoms with Crippen LogP contribution in [0.1, 0.15) is 31.2 Å². The summed E-state index contributed by atoms with van der Waals surface area (Å²) in [7, 11) is 0. The highest BCUT2D eigenvalue weighted by Crippen LogP contribution is 2.40. The predicted molar refractivity (Wildman–Crippen MR) is 115 cm³/mol. The molecule has 1 amide bonds. The lowest BCUT2D eigenvalue weighted by atomic mass is 9.77. The number of pyridine rings is 2. The molecule has 5 rings (SSSR count). The smallest absolute Gasteiger partial charge is 0.224 e. The summed E-state index contributed by atoms with van der Waals surface area (Å²) in [5, 5.41) is 3.30. The van der Waals surface area contributed by atoms with Crippen molar-refractivity contribution in [2.24, 2.45) is 17.8 Å². The number of rotatable bonds is 7. The Morgan fingerprint density at radius 2 is 1.97 bits per heavy atom. The molecule has 3 fully saturated rings. The Balaban J connectivity index is 1.25. The number of aromatic nitrogens is 2. The van der Waals surface area contributed by atoms with Gasteiger partial charge >= 0.3 is 0 Å². The van der Waals surface area contributed by atoms with Crippen LogP contribution in [0.5, 0.6) is 0 Å². The van der Waals surface area contributed by atoms with Gasteiger partial charge in [0.25, 0.3) is 0 Å². The number of amides is 1. The molecule has 3 aliphatic rings. The first-order valence-electron chi connectivity index (χ1n) is 11.2. The molecule has 1 aliphatic heterocycles. The predicted octanol–water partition coefficient (Wildman–Crippen LogP) is 2.85. The van der Waals surface area contributed by atoms with E-state index in [0.29, 0.717) is 18.3 Å². The molecule has 2 aliphatic carbocycles. The van der Waals surface area contributed by atoms with Crippen LogP contribution in [0.3, 0.4) is 0 Å². The van der Waals surface area contributed by atoms with Crippen LogP contribution >= 0.6 is 0 Å². The lowest BCUT2D eigenvalue weighted by Gasteiger charge is -2.38. The van der Waals surface area contributed by atoms with Gasteiger partial charge in [-0.1, -0.05) is 12.1 Å². The van der Waals surface area contributed by atoms with Crippen LogP contribution in [0, 0.1) is 17.8 Å². The zero-order chi connectivity index (χ0) is 20.3. The monoisotopic (exact) mass is 406 g/mol. The molecule has 6 heteroatoms. The molecule has 0 aromatic carbocycles. The van der Waals surface area contributed by atoms with Crippen LogP contribution in [-0.4, -0.2) is 47.7 Å². The lowest BCUT2D eigenvalue weighted by molar-refractivity contribution is -0.123. The highest BCUT2D eigenvalue weighted by atomic mass is 16.5. The third kappa shape index (κ3) is 4.64. The van der Waals surface area contributed by atoms with E-state index in [9.17, 15) is 4.79 Å². The Hall–Kier alpha value is -2.47. The van der Waals surface area contributed by atoms with Gasteiger partial charge in [0.2, 0.25) is 5.91 Å². The zero-order valence-corrected chi connectivity index (χ0v) is 17.3. The Kier molecular flexibility index (Phi) is 5.67. The fourth-order valence-electron chi connectivity index (χ4n) is 4.97. The van der Waals surface area contributed by atoms with E-state index in [-0.39, 0.29) is 18.1 Å². The van der Waals surface area contributed by atoms with Crippen molar-refractivity contribution < 1.29 is 9.53 Å². The van der Waals surface area contributed by atoms with Gasteiger partial charge in [0.15, 0.2) is 0 Å². The maximum atomic E-state index is 12.7. The van der Waals surface area contributed by atoms with Crippen molar-refractivity contribution in [1.29, 1.82) is 0 Å². The zero-order valence-electron chi connectivity index (χ0n) is 17.3. The van der Waals surface area contributed by atoms with Crippen molar-refractivity contribution in [3.63, 3.8) is 0 Å². The summed E-state index contributed by atoms with van der Waals surface area (Å²) in [4.78, 5) is 23.8. The number of nitrogens with zero attached hydrogens (tertiary/aromatic N) is 3. The van der Waals surface area contributed by atoms with Crippen LogP contribution in [0.2, 0.25) is 0 Å². The molecule has 0 bridgehead atoms. The number of fused-ring (bicyclic) bond motifs is 1. The Morgan fingerprint density at radius 1 is 1.10 bits per heavy atom. The van der Waals surface area contributed by atoms with E-state index in [4.69, 9.17) is 4.74 Å². The maximum absolute atomic E-state index is 12.7. The molecule has 2 aromatic rings.